The van der Waals surface area contributed by atoms with Crippen molar-refractivity contribution in [3.05, 3.63) is 83.9 Å². The van der Waals surface area contributed by atoms with Crippen molar-refractivity contribution < 1.29 is 0 Å². The summed E-state index contributed by atoms with van der Waals surface area (Å²) in [5.41, 5.74) is 3.88. The van der Waals surface area contributed by atoms with Crippen LogP contribution in [0.4, 0.5) is 0 Å². The van der Waals surface area contributed by atoms with E-state index in [9.17, 15) is 0 Å². The minimum atomic E-state index is 1.00. The second-order valence-corrected chi connectivity index (χ2v) is 4.27. The summed E-state index contributed by atoms with van der Waals surface area (Å²) >= 11 is 0. The van der Waals surface area contributed by atoms with Crippen LogP contribution in [0.3, 0.4) is 0 Å². The van der Waals surface area contributed by atoms with Gasteiger partial charge in [0.1, 0.15) is 0 Å². The zero-order chi connectivity index (χ0) is 12.5. The van der Waals surface area contributed by atoms with Crippen molar-refractivity contribution >= 4 is 0 Å². The minimum Gasteiger partial charge on any atom is -0.0998 e. The van der Waals surface area contributed by atoms with Crippen molar-refractivity contribution in [3.63, 3.8) is 0 Å². The lowest BCUT2D eigenvalue weighted by Gasteiger charge is -1.97. The Morgan fingerprint density at radius 2 is 1.35 bits per heavy atom. The van der Waals surface area contributed by atoms with E-state index in [1.54, 1.807) is 0 Å². The maximum absolute atomic E-state index is 3.85. The zero-order valence-corrected chi connectivity index (χ0v) is 10.7. The predicted molar refractivity (Wildman–Crippen MR) is 76.1 cm³/mol. The van der Waals surface area contributed by atoms with Gasteiger partial charge in [0.15, 0.2) is 0 Å². The third kappa shape index (κ3) is 6.36. The molecule has 0 amide bonds. The number of hydrogen-bond donors (Lipinski definition) is 0. The molecule has 88 valence electrons. The van der Waals surface area contributed by atoms with Crippen LogP contribution in [-0.2, 0) is 6.42 Å². The number of aryl methyl sites for hydroxylation is 1. The molecule has 0 radical (unpaired) electrons. The Morgan fingerprint density at radius 1 is 0.882 bits per heavy atom. The van der Waals surface area contributed by atoms with E-state index in [1.807, 2.05) is 31.2 Å². The van der Waals surface area contributed by atoms with E-state index in [0.717, 1.165) is 6.42 Å². The van der Waals surface area contributed by atoms with E-state index in [0.29, 0.717) is 0 Å². The van der Waals surface area contributed by atoms with Crippen molar-refractivity contribution in [3.8, 4) is 0 Å². The Labute approximate surface area is 105 Å². The second-order valence-electron chi connectivity index (χ2n) is 4.27. The van der Waals surface area contributed by atoms with Gasteiger partial charge in [0.25, 0.3) is 0 Å². The molecule has 0 N–H and O–H groups in total. The van der Waals surface area contributed by atoms with Crippen molar-refractivity contribution in [2.75, 3.05) is 0 Å². The molecule has 0 saturated carbocycles. The molecule has 2 aromatic rings. The van der Waals surface area contributed by atoms with Gasteiger partial charge in [0.05, 0.1) is 0 Å². The smallest absolute Gasteiger partial charge is 0.00726 e. The van der Waals surface area contributed by atoms with Gasteiger partial charge in [-0.25, -0.2) is 0 Å². The highest BCUT2D eigenvalue weighted by atomic mass is 13.9. The molecular weight excluding hydrogens is 204 g/mol. The third-order valence-corrected chi connectivity index (χ3v) is 2.29. The van der Waals surface area contributed by atoms with E-state index < -0.39 is 0 Å². The van der Waals surface area contributed by atoms with Crippen molar-refractivity contribution in [2.45, 2.75) is 20.3 Å². The standard InChI is InChI=1S/C10H12.C7H8/c1-9(2)8-10-6-4-3-5-7-10;1-7-5-3-2-4-6-7/h3-7H,1,8H2,2H3;2-6H,1H3. The summed E-state index contributed by atoms with van der Waals surface area (Å²) in [6.45, 7) is 7.98. The van der Waals surface area contributed by atoms with Gasteiger partial charge >= 0.3 is 0 Å². The fourth-order valence-corrected chi connectivity index (χ4v) is 1.48. The Bertz CT molecular complexity index is 426. The average Bonchev–Trinajstić information content (AvgIpc) is 2.31. The first-order valence-electron chi connectivity index (χ1n) is 5.88. The monoisotopic (exact) mass is 224 g/mol. The first-order valence-corrected chi connectivity index (χ1v) is 5.88. The average molecular weight is 224 g/mol. The summed E-state index contributed by atoms with van der Waals surface area (Å²) in [5, 5.41) is 0. The molecule has 0 unspecified atom stereocenters. The van der Waals surface area contributed by atoms with E-state index in [4.69, 9.17) is 0 Å². The summed E-state index contributed by atoms with van der Waals surface area (Å²) < 4.78 is 0. The van der Waals surface area contributed by atoms with Gasteiger partial charge in [-0.15, -0.1) is 0 Å². The van der Waals surface area contributed by atoms with Crippen LogP contribution in [0.25, 0.3) is 0 Å². The fraction of sp³-hybridized carbons (Fsp3) is 0.176. The largest absolute Gasteiger partial charge is 0.0998 e. The molecule has 0 aliphatic heterocycles. The Morgan fingerprint density at radius 3 is 1.71 bits per heavy atom. The van der Waals surface area contributed by atoms with Crippen molar-refractivity contribution in [2.24, 2.45) is 0 Å². The van der Waals surface area contributed by atoms with E-state index in [1.165, 1.54) is 16.7 Å². The molecule has 0 fully saturated rings. The topological polar surface area (TPSA) is 0 Å². The van der Waals surface area contributed by atoms with Crippen molar-refractivity contribution in [1.29, 1.82) is 0 Å². The van der Waals surface area contributed by atoms with E-state index >= 15 is 0 Å². The molecule has 2 rings (SSSR count). The number of rotatable bonds is 2. The second kappa shape index (κ2) is 7.45. The van der Waals surface area contributed by atoms with Gasteiger partial charge < -0.3 is 0 Å². The number of benzene rings is 2. The van der Waals surface area contributed by atoms with Crippen molar-refractivity contribution in [1.82, 2.24) is 0 Å². The molecule has 0 aliphatic rings. The summed E-state index contributed by atoms with van der Waals surface area (Å²) in [6.07, 6.45) is 1.00. The van der Waals surface area contributed by atoms with Crippen LogP contribution in [0.15, 0.2) is 72.8 Å². The highest BCUT2D eigenvalue weighted by Gasteiger charge is 1.88. The number of hydrogen-bond acceptors (Lipinski definition) is 0. The van der Waals surface area contributed by atoms with Gasteiger partial charge in [-0.05, 0) is 25.8 Å². The van der Waals surface area contributed by atoms with Gasteiger partial charge in [-0.1, -0.05) is 78.4 Å². The van der Waals surface area contributed by atoms with Gasteiger partial charge in [0.2, 0.25) is 0 Å². The van der Waals surface area contributed by atoms with Crippen LogP contribution < -0.4 is 0 Å². The SMILES string of the molecule is C=C(C)Cc1ccccc1.Cc1ccccc1. The first-order chi connectivity index (χ1) is 8.18. The molecule has 0 saturated heterocycles. The quantitative estimate of drug-likeness (QED) is 0.643. The molecule has 2 aromatic carbocycles. The van der Waals surface area contributed by atoms with Crippen LogP contribution in [0.5, 0.6) is 0 Å². The summed E-state index contributed by atoms with van der Waals surface area (Å²) in [6, 6.07) is 20.6. The summed E-state index contributed by atoms with van der Waals surface area (Å²) in [7, 11) is 0. The summed E-state index contributed by atoms with van der Waals surface area (Å²) in [4.78, 5) is 0. The Kier molecular flexibility index (Phi) is 5.81. The molecule has 0 aromatic heterocycles. The fourth-order valence-electron chi connectivity index (χ4n) is 1.48. The highest BCUT2D eigenvalue weighted by Crippen LogP contribution is 2.04. The lowest BCUT2D eigenvalue weighted by atomic mass is 10.1. The summed E-state index contributed by atoms with van der Waals surface area (Å²) in [5.74, 6) is 0. The minimum absolute atomic E-state index is 1.00. The lowest BCUT2D eigenvalue weighted by Crippen LogP contribution is -1.82. The van der Waals surface area contributed by atoms with Crippen LogP contribution in [-0.4, -0.2) is 0 Å². The van der Waals surface area contributed by atoms with Gasteiger partial charge in [-0.3, -0.25) is 0 Å². The van der Waals surface area contributed by atoms with E-state index in [2.05, 4.69) is 49.9 Å². The normalized spacial score (nSPS) is 9.06. The van der Waals surface area contributed by atoms with Crippen LogP contribution in [0.2, 0.25) is 0 Å². The molecule has 0 heterocycles. The Balaban J connectivity index is 0.000000181. The zero-order valence-electron chi connectivity index (χ0n) is 10.7. The molecule has 0 aliphatic carbocycles. The van der Waals surface area contributed by atoms with Gasteiger partial charge in [0, 0.05) is 0 Å². The molecule has 17 heavy (non-hydrogen) atoms. The van der Waals surface area contributed by atoms with Crippen LogP contribution in [0.1, 0.15) is 18.1 Å². The maximum Gasteiger partial charge on any atom is -0.00726 e. The molecule has 0 spiro atoms. The molecule has 0 atom stereocenters. The Hall–Kier alpha value is -1.82. The predicted octanol–water partition coefficient (Wildman–Crippen LogP) is 4.80. The van der Waals surface area contributed by atoms with Crippen LogP contribution >= 0.6 is 0 Å². The third-order valence-electron chi connectivity index (χ3n) is 2.29. The molecule has 0 heteroatoms. The van der Waals surface area contributed by atoms with Crippen LogP contribution in [0, 0.1) is 6.92 Å². The van der Waals surface area contributed by atoms with Gasteiger partial charge in [-0.2, -0.15) is 0 Å². The molecule has 0 bridgehead atoms. The van der Waals surface area contributed by atoms with E-state index in [-0.39, 0.29) is 0 Å². The maximum atomic E-state index is 3.85. The first kappa shape index (κ1) is 13.2. The molecular formula is C17H20. The molecule has 0 nitrogen and oxygen atoms in total. The lowest BCUT2D eigenvalue weighted by molar-refractivity contribution is 1.15. The number of allylic oxidation sites excluding steroid dienone is 1. The highest BCUT2D eigenvalue weighted by molar-refractivity contribution is 5.19.